The van der Waals surface area contributed by atoms with Crippen molar-refractivity contribution in [1.82, 2.24) is 14.0 Å². The molecule has 6 rings (SSSR count). The number of ether oxygens (including phenoxy) is 1. The number of carbonyl (C=O) groups excluding carboxylic acids is 3. The topological polar surface area (TPSA) is 154 Å². The van der Waals surface area contributed by atoms with Crippen LogP contribution in [0.25, 0.3) is 16.8 Å². The number of allylic oxidation sites excluding steroid dienone is 2. The highest BCUT2D eigenvalue weighted by atomic mass is 16.5. The van der Waals surface area contributed by atoms with E-state index in [-0.39, 0.29) is 54.2 Å². The van der Waals surface area contributed by atoms with Crippen molar-refractivity contribution < 1.29 is 39.5 Å². The average molecular weight is 610 g/mol. The third-order valence-corrected chi connectivity index (χ3v) is 8.28. The van der Waals surface area contributed by atoms with Crippen molar-refractivity contribution in [3.8, 4) is 29.2 Å². The normalized spacial score (nSPS) is 16.1. The number of carbonyl (C=O) groups is 3. The third-order valence-electron chi connectivity index (χ3n) is 8.28. The molecule has 1 aliphatic carbocycles. The van der Waals surface area contributed by atoms with E-state index >= 15 is 0 Å². The lowest BCUT2D eigenvalue weighted by Crippen LogP contribution is -2.34. The standard InChI is InChI=1S/C34H31N3O8/c1-18-11-22(34(44)45-10-9-36-27(38)16-24(31(36)41)20-7-5-4-6-8-20)14-23(12-18)37-28(39)17-25(32(37)42)21-13-19(2)29-26(15-21)30(40)35(3)33(29)43/h4-8,11-14,16-17,21,39-40,42-43H,9-10,15H2,1-3H3. The largest absolute Gasteiger partial charge is 0.494 e. The molecule has 4 N–H and O–H groups in total. The summed E-state index contributed by atoms with van der Waals surface area (Å²) in [6.07, 6.45) is 3.40. The Labute approximate surface area is 258 Å². The first-order valence-corrected chi connectivity index (χ1v) is 14.3. The van der Waals surface area contributed by atoms with Gasteiger partial charge < -0.3 is 25.2 Å². The zero-order valence-corrected chi connectivity index (χ0v) is 24.8. The molecule has 0 saturated carbocycles. The van der Waals surface area contributed by atoms with E-state index in [9.17, 15) is 34.8 Å². The number of rotatable bonds is 7. The molecule has 0 fully saturated rings. The summed E-state index contributed by atoms with van der Waals surface area (Å²) in [5, 5.41) is 43.1. The number of amides is 2. The van der Waals surface area contributed by atoms with Crippen LogP contribution in [0.1, 0.15) is 51.0 Å². The minimum Gasteiger partial charge on any atom is -0.494 e. The van der Waals surface area contributed by atoms with Crippen LogP contribution in [0.15, 0.2) is 66.7 Å². The first-order valence-electron chi connectivity index (χ1n) is 14.3. The van der Waals surface area contributed by atoms with Crippen LogP contribution in [0.4, 0.5) is 0 Å². The lowest BCUT2D eigenvalue weighted by atomic mass is 9.84. The number of aryl methyl sites for hydroxylation is 1. The first-order chi connectivity index (χ1) is 21.5. The van der Waals surface area contributed by atoms with Crippen LogP contribution in [0, 0.1) is 6.92 Å². The summed E-state index contributed by atoms with van der Waals surface area (Å²) >= 11 is 0. The van der Waals surface area contributed by atoms with Crippen molar-refractivity contribution >= 4 is 28.9 Å². The van der Waals surface area contributed by atoms with Gasteiger partial charge in [0.15, 0.2) is 11.8 Å². The number of nitrogens with zero attached hydrogens (tertiary/aromatic N) is 3. The maximum Gasteiger partial charge on any atom is 0.338 e. The molecule has 0 radical (unpaired) electrons. The summed E-state index contributed by atoms with van der Waals surface area (Å²) in [7, 11) is 1.55. The Morgan fingerprint density at radius 1 is 0.956 bits per heavy atom. The van der Waals surface area contributed by atoms with E-state index in [4.69, 9.17) is 4.74 Å². The molecule has 2 aromatic carbocycles. The van der Waals surface area contributed by atoms with Gasteiger partial charge in [0.05, 0.1) is 23.4 Å². The van der Waals surface area contributed by atoms with E-state index in [1.807, 2.05) is 12.1 Å². The Balaban J connectivity index is 1.18. The number of hydrogen-bond acceptors (Lipinski definition) is 8. The lowest BCUT2D eigenvalue weighted by molar-refractivity contribution is -0.137. The van der Waals surface area contributed by atoms with E-state index in [1.54, 1.807) is 57.3 Å². The van der Waals surface area contributed by atoms with E-state index in [2.05, 4.69) is 0 Å². The Morgan fingerprint density at radius 2 is 1.69 bits per heavy atom. The van der Waals surface area contributed by atoms with E-state index in [1.165, 1.54) is 27.3 Å². The van der Waals surface area contributed by atoms with Crippen LogP contribution in [0.5, 0.6) is 23.5 Å². The maximum atomic E-state index is 13.0. The molecular formula is C34H31N3O8. The SMILES string of the molecule is CC1=CC(c2cc(O)n(-c3cc(C)cc(C(=O)OCCN4C(=O)C=C(c5ccccc5)C4=O)c3)c2O)Cc2c1c(O)n(C)c2O. The van der Waals surface area contributed by atoms with Crippen molar-refractivity contribution in [3.63, 3.8) is 0 Å². The zero-order valence-electron chi connectivity index (χ0n) is 24.8. The third kappa shape index (κ3) is 5.01. The maximum absolute atomic E-state index is 13.0. The van der Waals surface area contributed by atoms with Crippen LogP contribution in [-0.4, -0.2) is 65.4 Å². The van der Waals surface area contributed by atoms with Gasteiger partial charge in [-0.25, -0.2) is 4.79 Å². The van der Waals surface area contributed by atoms with E-state index in [0.29, 0.717) is 39.1 Å². The number of esters is 1. The Kier molecular flexibility index (Phi) is 7.24. The van der Waals surface area contributed by atoms with Crippen molar-refractivity contribution in [2.45, 2.75) is 26.2 Å². The molecule has 2 aliphatic rings. The van der Waals surface area contributed by atoms with Crippen LogP contribution in [0.2, 0.25) is 0 Å². The molecule has 0 saturated heterocycles. The Bertz CT molecular complexity index is 1950. The van der Waals surface area contributed by atoms with Crippen LogP contribution in [-0.2, 0) is 27.8 Å². The van der Waals surface area contributed by atoms with E-state index < -0.39 is 23.7 Å². The highest BCUT2D eigenvalue weighted by Gasteiger charge is 2.33. The number of hydrogen-bond donors (Lipinski definition) is 4. The molecule has 3 heterocycles. The molecular weight excluding hydrogens is 578 g/mol. The quantitative estimate of drug-likeness (QED) is 0.179. The van der Waals surface area contributed by atoms with Gasteiger partial charge in [-0.1, -0.05) is 36.4 Å². The Morgan fingerprint density at radius 3 is 2.42 bits per heavy atom. The summed E-state index contributed by atoms with van der Waals surface area (Å²) in [5.41, 5.74) is 4.20. The van der Waals surface area contributed by atoms with Gasteiger partial charge in [-0.15, -0.1) is 0 Å². The molecule has 1 atom stereocenters. The molecule has 1 unspecified atom stereocenters. The molecule has 11 heteroatoms. The zero-order chi connectivity index (χ0) is 32.2. The van der Waals surface area contributed by atoms with Crippen molar-refractivity contribution in [2.24, 2.45) is 7.05 Å². The predicted octanol–water partition coefficient (Wildman–Crippen LogP) is 4.30. The highest BCUT2D eigenvalue weighted by Crippen LogP contribution is 2.47. The van der Waals surface area contributed by atoms with Gasteiger partial charge in [0.1, 0.15) is 6.61 Å². The van der Waals surface area contributed by atoms with Gasteiger partial charge in [-0.05, 0) is 55.2 Å². The molecule has 0 spiro atoms. The van der Waals surface area contributed by atoms with Crippen molar-refractivity contribution in [2.75, 3.05) is 13.2 Å². The number of imide groups is 1. The molecule has 0 bridgehead atoms. The lowest BCUT2D eigenvalue weighted by Gasteiger charge is -2.20. The average Bonchev–Trinajstić information content (AvgIpc) is 3.56. The van der Waals surface area contributed by atoms with Gasteiger partial charge >= 0.3 is 5.97 Å². The fourth-order valence-corrected chi connectivity index (χ4v) is 6.09. The number of fused-ring (bicyclic) bond motifs is 1. The minimum absolute atomic E-state index is 0.0502. The predicted molar refractivity (Wildman–Crippen MR) is 164 cm³/mol. The van der Waals surface area contributed by atoms with Gasteiger partial charge in [0.2, 0.25) is 11.8 Å². The number of benzene rings is 2. The van der Waals surface area contributed by atoms with E-state index in [0.717, 1.165) is 4.90 Å². The monoisotopic (exact) mass is 609 g/mol. The molecule has 45 heavy (non-hydrogen) atoms. The number of aromatic nitrogens is 2. The first kappa shape index (κ1) is 29.4. The smallest absolute Gasteiger partial charge is 0.338 e. The molecule has 2 aromatic heterocycles. The molecule has 1 aliphatic heterocycles. The minimum atomic E-state index is -0.709. The fourth-order valence-electron chi connectivity index (χ4n) is 6.09. The number of aromatic hydroxyl groups is 4. The Hall–Kier alpha value is -5.71. The molecule has 2 amide bonds. The highest BCUT2D eigenvalue weighted by molar-refractivity contribution is 6.33. The second-order valence-electron chi connectivity index (χ2n) is 11.2. The van der Waals surface area contributed by atoms with Crippen LogP contribution < -0.4 is 0 Å². The summed E-state index contributed by atoms with van der Waals surface area (Å²) in [6, 6.07) is 15.0. The molecule has 230 valence electrons. The van der Waals surface area contributed by atoms with Crippen molar-refractivity contribution in [1.29, 1.82) is 0 Å². The summed E-state index contributed by atoms with van der Waals surface area (Å²) < 4.78 is 7.90. The van der Waals surface area contributed by atoms with Gasteiger partial charge in [0.25, 0.3) is 11.8 Å². The van der Waals surface area contributed by atoms with Gasteiger partial charge in [0, 0.05) is 41.8 Å². The van der Waals surface area contributed by atoms with Crippen LogP contribution >= 0.6 is 0 Å². The summed E-state index contributed by atoms with van der Waals surface area (Å²) in [5.74, 6) is -2.71. The van der Waals surface area contributed by atoms with Gasteiger partial charge in [-0.3, -0.25) is 23.6 Å². The van der Waals surface area contributed by atoms with Crippen molar-refractivity contribution in [3.05, 3.63) is 100 Å². The molecule has 11 nitrogen and oxygen atoms in total. The fraction of sp³-hybridized carbons (Fsp3) is 0.206. The second-order valence-corrected chi connectivity index (χ2v) is 11.2. The van der Waals surface area contributed by atoms with Crippen LogP contribution in [0.3, 0.4) is 0 Å². The summed E-state index contributed by atoms with van der Waals surface area (Å²) in [4.78, 5) is 39.3. The van der Waals surface area contributed by atoms with Gasteiger partial charge in [-0.2, -0.15) is 0 Å². The molecule has 4 aromatic rings. The second kappa shape index (κ2) is 11.1. The summed E-state index contributed by atoms with van der Waals surface area (Å²) in [6.45, 7) is 3.19.